The molecule has 0 aromatic heterocycles. The fourth-order valence-corrected chi connectivity index (χ4v) is 1.38. The number of nitrogens with two attached hydrogens (primary N) is 1. The molecule has 0 saturated carbocycles. The minimum absolute atomic E-state index is 0. The maximum absolute atomic E-state index is 11.8. The first-order valence-electron chi connectivity index (χ1n) is 6.24. The Labute approximate surface area is 121 Å². The molecule has 1 aromatic carbocycles. The van der Waals surface area contributed by atoms with Crippen LogP contribution in [0.5, 0.6) is 5.75 Å². The van der Waals surface area contributed by atoms with E-state index in [-0.39, 0.29) is 24.2 Å². The molecule has 5 heteroatoms. The second kappa shape index (κ2) is 8.77. The van der Waals surface area contributed by atoms with Crippen LogP contribution in [-0.2, 0) is 4.79 Å². The summed E-state index contributed by atoms with van der Waals surface area (Å²) < 4.78 is 5.55. The number of carbonyl (C=O) groups excluding carboxylic acids is 1. The zero-order valence-corrected chi connectivity index (χ0v) is 12.5. The highest BCUT2D eigenvalue weighted by Gasteiger charge is 2.14. The third-order valence-corrected chi connectivity index (χ3v) is 2.73. The lowest BCUT2D eigenvalue weighted by Gasteiger charge is -2.16. The summed E-state index contributed by atoms with van der Waals surface area (Å²) in [4.78, 5) is 11.8. The lowest BCUT2D eigenvalue weighted by atomic mass is 10.2. The van der Waals surface area contributed by atoms with Crippen molar-refractivity contribution in [2.45, 2.75) is 26.9 Å². The number of benzene rings is 1. The first-order chi connectivity index (χ1) is 8.52. The molecule has 1 amide bonds. The van der Waals surface area contributed by atoms with Gasteiger partial charge in [-0.3, -0.25) is 4.79 Å². The first kappa shape index (κ1) is 17.7. The molecule has 0 aliphatic heterocycles. The van der Waals surface area contributed by atoms with Crippen molar-refractivity contribution in [3.8, 4) is 5.75 Å². The van der Waals surface area contributed by atoms with Gasteiger partial charge in [0.15, 0.2) is 6.10 Å². The fourth-order valence-electron chi connectivity index (χ4n) is 1.38. The molecule has 3 N–H and O–H groups in total. The van der Waals surface area contributed by atoms with Gasteiger partial charge in [-0.2, -0.15) is 0 Å². The van der Waals surface area contributed by atoms with Crippen LogP contribution in [0.25, 0.3) is 0 Å². The van der Waals surface area contributed by atoms with Crippen LogP contribution < -0.4 is 15.8 Å². The largest absolute Gasteiger partial charge is 0.481 e. The Kier molecular flexibility index (Phi) is 8.19. The second-order valence-corrected chi connectivity index (χ2v) is 4.66. The maximum Gasteiger partial charge on any atom is 0.260 e. The average Bonchev–Trinajstić information content (AvgIpc) is 2.38. The van der Waals surface area contributed by atoms with Gasteiger partial charge < -0.3 is 15.8 Å². The summed E-state index contributed by atoms with van der Waals surface area (Å²) in [6.07, 6.45) is -0.502. The minimum atomic E-state index is -0.502. The third kappa shape index (κ3) is 6.45. The molecule has 0 heterocycles. The standard InChI is InChI=1S/C14H22N2O2.ClH/c1-10-4-6-13(7-5-10)18-12(3)14(17)16-9-11(2)8-15;/h4-7,11-12H,8-9,15H2,1-3H3,(H,16,17);1H. The highest BCUT2D eigenvalue weighted by Crippen LogP contribution is 2.13. The number of carbonyl (C=O) groups is 1. The summed E-state index contributed by atoms with van der Waals surface area (Å²) >= 11 is 0. The molecule has 0 spiro atoms. The van der Waals surface area contributed by atoms with Gasteiger partial charge in [-0.15, -0.1) is 12.4 Å². The number of halogens is 1. The molecule has 0 aliphatic carbocycles. The van der Waals surface area contributed by atoms with Crippen LogP contribution in [0.2, 0.25) is 0 Å². The molecule has 0 radical (unpaired) electrons. The number of rotatable bonds is 6. The van der Waals surface area contributed by atoms with E-state index in [9.17, 15) is 4.79 Å². The molecular formula is C14H23ClN2O2. The number of hydrogen-bond donors (Lipinski definition) is 2. The molecule has 0 aliphatic rings. The zero-order valence-electron chi connectivity index (χ0n) is 11.7. The van der Waals surface area contributed by atoms with Gasteiger partial charge in [-0.25, -0.2) is 0 Å². The molecule has 4 nitrogen and oxygen atoms in total. The van der Waals surface area contributed by atoms with E-state index in [1.807, 2.05) is 38.1 Å². The molecule has 2 atom stereocenters. The number of amides is 1. The van der Waals surface area contributed by atoms with Crippen LogP contribution in [0.1, 0.15) is 19.4 Å². The topological polar surface area (TPSA) is 64.3 Å². The highest BCUT2D eigenvalue weighted by molar-refractivity contribution is 5.85. The van der Waals surface area contributed by atoms with E-state index in [2.05, 4.69) is 5.32 Å². The highest BCUT2D eigenvalue weighted by atomic mass is 35.5. The number of aryl methyl sites for hydroxylation is 1. The van der Waals surface area contributed by atoms with E-state index in [4.69, 9.17) is 10.5 Å². The Morgan fingerprint density at radius 1 is 1.32 bits per heavy atom. The van der Waals surface area contributed by atoms with Crippen molar-refractivity contribution >= 4 is 18.3 Å². The van der Waals surface area contributed by atoms with Crippen molar-refractivity contribution in [1.29, 1.82) is 0 Å². The van der Waals surface area contributed by atoms with Crippen molar-refractivity contribution in [2.24, 2.45) is 11.7 Å². The Balaban J connectivity index is 0.00000324. The van der Waals surface area contributed by atoms with Gasteiger partial charge in [0, 0.05) is 6.54 Å². The van der Waals surface area contributed by atoms with Crippen molar-refractivity contribution in [2.75, 3.05) is 13.1 Å². The molecule has 1 aromatic rings. The van der Waals surface area contributed by atoms with E-state index in [1.165, 1.54) is 0 Å². The SMILES string of the molecule is Cc1ccc(OC(C)C(=O)NCC(C)CN)cc1.Cl. The van der Waals surface area contributed by atoms with Gasteiger partial charge in [0.05, 0.1) is 0 Å². The van der Waals surface area contributed by atoms with E-state index >= 15 is 0 Å². The second-order valence-electron chi connectivity index (χ2n) is 4.66. The smallest absolute Gasteiger partial charge is 0.260 e. The van der Waals surface area contributed by atoms with Crippen LogP contribution in [0.3, 0.4) is 0 Å². The third-order valence-electron chi connectivity index (χ3n) is 2.73. The predicted octanol–water partition coefficient (Wildman–Crippen LogP) is 1.90. The van der Waals surface area contributed by atoms with Crippen LogP contribution >= 0.6 is 12.4 Å². The van der Waals surface area contributed by atoms with Gasteiger partial charge in [0.25, 0.3) is 5.91 Å². The molecule has 108 valence electrons. The Bertz CT molecular complexity index is 382. The number of hydrogen-bond acceptors (Lipinski definition) is 3. The van der Waals surface area contributed by atoms with Crippen LogP contribution in [-0.4, -0.2) is 25.1 Å². The summed E-state index contributed by atoms with van der Waals surface area (Å²) in [7, 11) is 0. The molecule has 0 saturated heterocycles. The van der Waals surface area contributed by atoms with E-state index in [0.717, 1.165) is 5.56 Å². The summed E-state index contributed by atoms with van der Waals surface area (Å²) in [6.45, 7) is 6.88. The van der Waals surface area contributed by atoms with Crippen molar-refractivity contribution in [3.05, 3.63) is 29.8 Å². The molecule has 1 rings (SSSR count). The summed E-state index contributed by atoms with van der Waals surface area (Å²) in [5.41, 5.74) is 6.65. The van der Waals surface area contributed by atoms with Crippen molar-refractivity contribution in [1.82, 2.24) is 5.32 Å². The normalized spacial score (nSPS) is 13.1. The first-order valence-corrected chi connectivity index (χ1v) is 6.24. The van der Waals surface area contributed by atoms with Gasteiger partial charge >= 0.3 is 0 Å². The average molecular weight is 287 g/mol. The van der Waals surface area contributed by atoms with Crippen LogP contribution in [0.4, 0.5) is 0 Å². The summed E-state index contributed by atoms with van der Waals surface area (Å²) in [5.74, 6) is 0.867. The minimum Gasteiger partial charge on any atom is -0.481 e. The van der Waals surface area contributed by atoms with Gasteiger partial charge in [0.1, 0.15) is 5.75 Å². The Hall–Kier alpha value is -1.26. The maximum atomic E-state index is 11.8. The van der Waals surface area contributed by atoms with Crippen LogP contribution in [0, 0.1) is 12.8 Å². The van der Waals surface area contributed by atoms with Gasteiger partial charge in [0.2, 0.25) is 0 Å². The Morgan fingerprint density at radius 2 is 1.89 bits per heavy atom. The molecule has 19 heavy (non-hydrogen) atoms. The number of nitrogens with one attached hydrogen (secondary N) is 1. The molecular weight excluding hydrogens is 264 g/mol. The molecule has 2 unspecified atom stereocenters. The van der Waals surface area contributed by atoms with E-state index < -0.39 is 6.10 Å². The summed E-state index contributed by atoms with van der Waals surface area (Å²) in [5, 5.41) is 2.82. The van der Waals surface area contributed by atoms with Crippen LogP contribution in [0.15, 0.2) is 24.3 Å². The lowest BCUT2D eigenvalue weighted by Crippen LogP contribution is -2.39. The fraction of sp³-hybridized carbons (Fsp3) is 0.500. The van der Waals surface area contributed by atoms with Gasteiger partial charge in [-0.05, 0) is 38.4 Å². The van der Waals surface area contributed by atoms with E-state index in [0.29, 0.717) is 18.8 Å². The Morgan fingerprint density at radius 3 is 2.42 bits per heavy atom. The van der Waals surface area contributed by atoms with Crippen molar-refractivity contribution < 1.29 is 9.53 Å². The zero-order chi connectivity index (χ0) is 13.5. The molecule has 0 bridgehead atoms. The van der Waals surface area contributed by atoms with E-state index in [1.54, 1.807) is 6.92 Å². The van der Waals surface area contributed by atoms with Crippen molar-refractivity contribution in [3.63, 3.8) is 0 Å². The monoisotopic (exact) mass is 286 g/mol. The number of ether oxygens (including phenoxy) is 1. The summed E-state index contributed by atoms with van der Waals surface area (Å²) in [6, 6.07) is 7.64. The quantitative estimate of drug-likeness (QED) is 0.839. The predicted molar refractivity (Wildman–Crippen MR) is 79.7 cm³/mol. The molecule has 0 fully saturated rings. The van der Waals surface area contributed by atoms with Gasteiger partial charge in [-0.1, -0.05) is 24.6 Å². The lowest BCUT2D eigenvalue weighted by molar-refractivity contribution is -0.127.